The van der Waals surface area contributed by atoms with E-state index in [0.29, 0.717) is 0 Å². The molecule has 2 heterocycles. The van der Waals surface area contributed by atoms with E-state index < -0.39 is 0 Å². The van der Waals surface area contributed by atoms with E-state index in [0.717, 1.165) is 30.7 Å². The van der Waals surface area contributed by atoms with E-state index >= 15 is 0 Å². The first-order chi connectivity index (χ1) is 7.70. The molecule has 1 fully saturated rings. The molecule has 2 unspecified atom stereocenters. The van der Waals surface area contributed by atoms with Gasteiger partial charge >= 0.3 is 0 Å². The predicted molar refractivity (Wildman–Crippen MR) is 67.2 cm³/mol. The SMILES string of the molecule is CC1CCN(c2ccnc(NN)c2)CC1C. The third kappa shape index (κ3) is 2.27. The second-order valence-electron chi connectivity index (χ2n) is 4.73. The molecule has 88 valence electrons. The van der Waals surface area contributed by atoms with Gasteiger partial charge in [0.1, 0.15) is 5.82 Å². The standard InChI is InChI=1S/C12H20N4/c1-9-4-6-16(8-10(9)2)11-3-5-14-12(7-11)15-13/h3,5,7,9-10H,4,6,8,13H2,1-2H3,(H,14,15). The number of rotatable bonds is 2. The number of aromatic nitrogens is 1. The summed E-state index contributed by atoms with van der Waals surface area (Å²) >= 11 is 0. The maximum Gasteiger partial charge on any atom is 0.141 e. The van der Waals surface area contributed by atoms with Crippen LogP contribution in [0.2, 0.25) is 0 Å². The van der Waals surface area contributed by atoms with Gasteiger partial charge in [-0.3, -0.25) is 0 Å². The van der Waals surface area contributed by atoms with Crippen LogP contribution in [-0.4, -0.2) is 18.1 Å². The maximum absolute atomic E-state index is 5.37. The smallest absolute Gasteiger partial charge is 0.141 e. The second-order valence-corrected chi connectivity index (χ2v) is 4.73. The first-order valence-electron chi connectivity index (χ1n) is 5.88. The van der Waals surface area contributed by atoms with Crippen molar-refractivity contribution in [2.45, 2.75) is 20.3 Å². The summed E-state index contributed by atoms with van der Waals surface area (Å²) < 4.78 is 0. The van der Waals surface area contributed by atoms with Gasteiger partial charge in [0.25, 0.3) is 0 Å². The van der Waals surface area contributed by atoms with Gasteiger partial charge in [0.15, 0.2) is 0 Å². The molecule has 16 heavy (non-hydrogen) atoms. The first-order valence-corrected chi connectivity index (χ1v) is 5.88. The molecule has 0 amide bonds. The van der Waals surface area contributed by atoms with Crippen LogP contribution in [0.5, 0.6) is 0 Å². The van der Waals surface area contributed by atoms with Gasteiger partial charge in [-0.05, 0) is 24.3 Å². The van der Waals surface area contributed by atoms with E-state index in [1.165, 1.54) is 12.1 Å². The number of nitrogens with one attached hydrogen (secondary N) is 1. The third-order valence-corrected chi connectivity index (χ3v) is 3.59. The molecule has 0 spiro atoms. The van der Waals surface area contributed by atoms with Crippen LogP contribution in [-0.2, 0) is 0 Å². The number of hydrogen-bond acceptors (Lipinski definition) is 4. The normalized spacial score (nSPS) is 25.6. The topological polar surface area (TPSA) is 54.2 Å². The zero-order valence-corrected chi connectivity index (χ0v) is 9.98. The third-order valence-electron chi connectivity index (χ3n) is 3.59. The molecule has 2 rings (SSSR count). The van der Waals surface area contributed by atoms with Gasteiger partial charge in [-0.1, -0.05) is 13.8 Å². The van der Waals surface area contributed by atoms with Gasteiger partial charge in [0.2, 0.25) is 0 Å². The summed E-state index contributed by atoms with van der Waals surface area (Å²) in [6, 6.07) is 4.05. The van der Waals surface area contributed by atoms with Crippen LogP contribution in [0.25, 0.3) is 0 Å². The average Bonchev–Trinajstić information content (AvgIpc) is 2.33. The molecule has 0 aromatic carbocycles. The van der Waals surface area contributed by atoms with Crippen molar-refractivity contribution in [3.8, 4) is 0 Å². The Hall–Kier alpha value is -1.29. The molecule has 1 saturated heterocycles. The van der Waals surface area contributed by atoms with Crippen LogP contribution in [0.4, 0.5) is 11.5 Å². The molecule has 1 aliphatic heterocycles. The lowest BCUT2D eigenvalue weighted by Crippen LogP contribution is -2.38. The Balaban J connectivity index is 2.12. The molecule has 2 atom stereocenters. The summed E-state index contributed by atoms with van der Waals surface area (Å²) in [7, 11) is 0. The number of nitrogens with zero attached hydrogens (tertiary/aromatic N) is 2. The summed E-state index contributed by atoms with van der Waals surface area (Å²) in [5, 5.41) is 0. The van der Waals surface area contributed by atoms with Crippen LogP contribution in [0.15, 0.2) is 18.3 Å². The van der Waals surface area contributed by atoms with Crippen molar-refractivity contribution in [2.75, 3.05) is 23.4 Å². The fourth-order valence-electron chi connectivity index (χ4n) is 2.19. The van der Waals surface area contributed by atoms with Crippen molar-refractivity contribution in [2.24, 2.45) is 17.7 Å². The van der Waals surface area contributed by atoms with Crippen LogP contribution >= 0.6 is 0 Å². The Morgan fingerprint density at radius 1 is 1.44 bits per heavy atom. The lowest BCUT2D eigenvalue weighted by Gasteiger charge is -2.36. The molecule has 0 bridgehead atoms. The zero-order chi connectivity index (χ0) is 11.5. The predicted octanol–water partition coefficient (Wildman–Crippen LogP) is 1.85. The summed E-state index contributed by atoms with van der Waals surface area (Å²) in [5.74, 6) is 7.66. The fraction of sp³-hybridized carbons (Fsp3) is 0.583. The van der Waals surface area contributed by atoms with Crippen molar-refractivity contribution in [1.29, 1.82) is 0 Å². The maximum atomic E-state index is 5.37. The highest BCUT2D eigenvalue weighted by Gasteiger charge is 2.22. The number of pyridine rings is 1. The molecule has 4 heteroatoms. The van der Waals surface area contributed by atoms with Crippen molar-refractivity contribution in [1.82, 2.24) is 4.98 Å². The Kier molecular flexibility index (Phi) is 3.29. The van der Waals surface area contributed by atoms with Gasteiger partial charge in [0.05, 0.1) is 0 Å². The molecule has 4 nitrogen and oxygen atoms in total. The van der Waals surface area contributed by atoms with Crippen LogP contribution in [0.1, 0.15) is 20.3 Å². The van der Waals surface area contributed by atoms with Gasteiger partial charge in [-0.25, -0.2) is 10.8 Å². The van der Waals surface area contributed by atoms with E-state index in [2.05, 4.69) is 29.2 Å². The van der Waals surface area contributed by atoms with Gasteiger partial charge < -0.3 is 10.3 Å². The average molecular weight is 220 g/mol. The Bertz CT molecular complexity index is 353. The van der Waals surface area contributed by atoms with E-state index in [1.54, 1.807) is 6.20 Å². The number of piperidine rings is 1. The quantitative estimate of drug-likeness (QED) is 0.590. The van der Waals surface area contributed by atoms with Gasteiger partial charge in [-0.2, -0.15) is 0 Å². The number of hydrazine groups is 1. The minimum atomic E-state index is 0.726. The lowest BCUT2D eigenvalue weighted by molar-refractivity contribution is 0.324. The summed E-state index contributed by atoms with van der Waals surface area (Å²) in [4.78, 5) is 6.53. The molecule has 0 radical (unpaired) electrons. The summed E-state index contributed by atoms with van der Waals surface area (Å²) in [6.45, 7) is 6.90. The summed E-state index contributed by atoms with van der Waals surface area (Å²) in [5.41, 5.74) is 3.80. The Labute approximate surface area is 96.8 Å². The Morgan fingerprint density at radius 2 is 2.25 bits per heavy atom. The van der Waals surface area contributed by atoms with Crippen molar-refractivity contribution in [3.05, 3.63) is 18.3 Å². The lowest BCUT2D eigenvalue weighted by atomic mass is 9.88. The number of nitrogens with two attached hydrogens (primary N) is 1. The van der Waals surface area contributed by atoms with Crippen molar-refractivity contribution in [3.63, 3.8) is 0 Å². The van der Waals surface area contributed by atoms with E-state index in [9.17, 15) is 0 Å². The van der Waals surface area contributed by atoms with E-state index in [4.69, 9.17) is 5.84 Å². The van der Waals surface area contributed by atoms with E-state index in [-0.39, 0.29) is 0 Å². The number of nitrogen functional groups attached to an aromatic ring is 1. The van der Waals surface area contributed by atoms with Crippen LogP contribution < -0.4 is 16.2 Å². The monoisotopic (exact) mass is 220 g/mol. The van der Waals surface area contributed by atoms with Crippen molar-refractivity contribution >= 4 is 11.5 Å². The van der Waals surface area contributed by atoms with Crippen molar-refractivity contribution < 1.29 is 0 Å². The van der Waals surface area contributed by atoms with Crippen LogP contribution in [0, 0.1) is 11.8 Å². The Morgan fingerprint density at radius 3 is 2.94 bits per heavy atom. The zero-order valence-electron chi connectivity index (χ0n) is 9.98. The highest BCUT2D eigenvalue weighted by atomic mass is 15.3. The molecule has 1 aliphatic rings. The van der Waals surface area contributed by atoms with Crippen LogP contribution in [0.3, 0.4) is 0 Å². The first kappa shape index (κ1) is 11.2. The number of hydrogen-bond donors (Lipinski definition) is 2. The van der Waals surface area contributed by atoms with Gasteiger partial charge in [-0.15, -0.1) is 0 Å². The molecule has 3 N–H and O–H groups in total. The second kappa shape index (κ2) is 4.70. The molecular formula is C12H20N4. The number of anilines is 2. The highest BCUT2D eigenvalue weighted by Crippen LogP contribution is 2.27. The minimum Gasteiger partial charge on any atom is -0.371 e. The fourth-order valence-corrected chi connectivity index (χ4v) is 2.19. The van der Waals surface area contributed by atoms with Gasteiger partial charge in [0, 0.05) is 31.0 Å². The molecular weight excluding hydrogens is 200 g/mol. The largest absolute Gasteiger partial charge is 0.371 e. The van der Waals surface area contributed by atoms with E-state index in [1.807, 2.05) is 12.1 Å². The molecule has 1 aromatic heterocycles. The minimum absolute atomic E-state index is 0.726. The highest BCUT2D eigenvalue weighted by molar-refractivity contribution is 5.53. The summed E-state index contributed by atoms with van der Waals surface area (Å²) in [6.07, 6.45) is 3.06. The molecule has 0 aliphatic carbocycles. The molecule has 1 aromatic rings. The molecule has 0 saturated carbocycles.